The molecule has 0 bridgehead atoms. The topological polar surface area (TPSA) is 89.0 Å². The zero-order valence-corrected chi connectivity index (χ0v) is 19.0. The molecule has 0 aliphatic carbocycles. The van der Waals surface area contributed by atoms with Crippen molar-refractivity contribution < 1.29 is 23.9 Å². The van der Waals surface area contributed by atoms with Gasteiger partial charge >= 0.3 is 0 Å². The smallest absolute Gasteiger partial charge is 0.291 e. The van der Waals surface area contributed by atoms with Crippen LogP contribution in [0.3, 0.4) is 0 Å². The Hall–Kier alpha value is -3.10. The van der Waals surface area contributed by atoms with Crippen molar-refractivity contribution in [1.82, 2.24) is 14.8 Å². The first-order chi connectivity index (χ1) is 16.0. The van der Waals surface area contributed by atoms with E-state index < -0.39 is 23.7 Å². The maximum absolute atomic E-state index is 13.5. The summed E-state index contributed by atoms with van der Waals surface area (Å²) < 4.78 is 10.7. The van der Waals surface area contributed by atoms with E-state index in [2.05, 4.69) is 9.88 Å². The van der Waals surface area contributed by atoms with Gasteiger partial charge in [0.15, 0.2) is 5.78 Å². The van der Waals surface area contributed by atoms with Crippen molar-refractivity contribution in [3.8, 4) is 5.75 Å². The number of benzene rings is 1. The molecular weight excluding hydrogens is 422 g/mol. The highest BCUT2D eigenvalue weighted by molar-refractivity contribution is 6.44. The minimum Gasteiger partial charge on any atom is -0.496 e. The number of ether oxygens (including phenoxy) is 2. The summed E-state index contributed by atoms with van der Waals surface area (Å²) in [7, 11) is 1.57. The van der Waals surface area contributed by atoms with Crippen LogP contribution in [-0.4, -0.2) is 78.8 Å². The molecule has 2 unspecified atom stereocenters. The first-order valence-corrected chi connectivity index (χ1v) is 11.2. The molecule has 0 saturated carbocycles. The molecule has 1 aromatic heterocycles. The van der Waals surface area contributed by atoms with Crippen molar-refractivity contribution in [3.05, 3.63) is 59.4 Å². The van der Waals surface area contributed by atoms with Gasteiger partial charge in [0.25, 0.3) is 5.91 Å². The molecule has 4 rings (SSSR count). The van der Waals surface area contributed by atoms with Gasteiger partial charge in [0, 0.05) is 44.1 Å². The van der Waals surface area contributed by atoms with Gasteiger partial charge < -0.3 is 14.4 Å². The van der Waals surface area contributed by atoms with Crippen LogP contribution >= 0.6 is 0 Å². The Morgan fingerprint density at radius 2 is 1.97 bits per heavy atom. The molecule has 0 radical (unpaired) electrons. The monoisotopic (exact) mass is 451 g/mol. The predicted octanol–water partition coefficient (Wildman–Crippen LogP) is 2.07. The van der Waals surface area contributed by atoms with Gasteiger partial charge in [0.05, 0.1) is 26.4 Å². The van der Waals surface area contributed by atoms with Gasteiger partial charge in [-0.2, -0.15) is 0 Å². The first kappa shape index (κ1) is 23.1. The van der Waals surface area contributed by atoms with Crippen molar-refractivity contribution in [2.45, 2.75) is 19.4 Å². The molecule has 2 aromatic rings. The minimum absolute atomic E-state index is 0.358. The van der Waals surface area contributed by atoms with Crippen LogP contribution in [0.25, 0.3) is 0 Å². The SMILES string of the molecule is COc1ccc(C(=O)C2C(=O)C(=O)N(CCCN3CCOCC3)C2c2cccnc2)cc1C. The quantitative estimate of drug-likeness (QED) is 0.345. The normalized spacial score (nSPS) is 21.5. The number of aryl methyl sites for hydroxylation is 1. The Morgan fingerprint density at radius 1 is 1.18 bits per heavy atom. The number of methoxy groups -OCH3 is 1. The van der Waals surface area contributed by atoms with Crippen LogP contribution in [0.4, 0.5) is 0 Å². The number of morpholine rings is 1. The van der Waals surface area contributed by atoms with Gasteiger partial charge in [0.2, 0.25) is 5.78 Å². The van der Waals surface area contributed by atoms with E-state index in [1.54, 1.807) is 48.7 Å². The largest absolute Gasteiger partial charge is 0.496 e. The first-order valence-electron chi connectivity index (χ1n) is 11.2. The maximum atomic E-state index is 13.5. The molecule has 0 N–H and O–H groups in total. The number of ketones is 2. The van der Waals surface area contributed by atoms with Gasteiger partial charge in [-0.05, 0) is 48.7 Å². The van der Waals surface area contributed by atoms with E-state index in [1.807, 2.05) is 13.0 Å². The minimum atomic E-state index is -1.10. The van der Waals surface area contributed by atoms with Gasteiger partial charge in [-0.3, -0.25) is 24.3 Å². The maximum Gasteiger partial charge on any atom is 0.291 e. The Kier molecular flexibility index (Phi) is 7.15. The number of amides is 1. The number of aromatic nitrogens is 1. The number of hydrogen-bond acceptors (Lipinski definition) is 7. The van der Waals surface area contributed by atoms with E-state index in [0.717, 1.165) is 25.2 Å². The van der Waals surface area contributed by atoms with Crippen LogP contribution in [0.15, 0.2) is 42.7 Å². The van der Waals surface area contributed by atoms with Crippen LogP contribution in [0.2, 0.25) is 0 Å². The number of pyridine rings is 1. The molecule has 2 aliphatic heterocycles. The van der Waals surface area contributed by atoms with E-state index >= 15 is 0 Å². The lowest BCUT2D eigenvalue weighted by atomic mass is 9.86. The van der Waals surface area contributed by atoms with E-state index in [0.29, 0.717) is 43.1 Å². The lowest BCUT2D eigenvalue weighted by molar-refractivity contribution is -0.140. The second-order valence-electron chi connectivity index (χ2n) is 8.43. The molecule has 1 aromatic carbocycles. The van der Waals surface area contributed by atoms with Crippen molar-refractivity contribution in [2.75, 3.05) is 46.5 Å². The number of rotatable bonds is 8. The third-order valence-electron chi connectivity index (χ3n) is 6.37. The van der Waals surface area contributed by atoms with Gasteiger partial charge in [0.1, 0.15) is 11.7 Å². The number of carbonyl (C=O) groups is 3. The summed E-state index contributed by atoms with van der Waals surface area (Å²) in [6.45, 7) is 6.17. The van der Waals surface area contributed by atoms with E-state index in [9.17, 15) is 14.4 Å². The summed E-state index contributed by atoms with van der Waals surface area (Å²) in [6.07, 6.45) is 3.97. The molecule has 8 heteroatoms. The molecule has 2 fully saturated rings. The van der Waals surface area contributed by atoms with Gasteiger partial charge in [-0.15, -0.1) is 0 Å². The standard InChI is InChI=1S/C25H29N3O5/c1-17-15-18(6-7-20(17)32-2)23(29)21-22(19-5-3-8-26-16-19)28(25(31)24(21)30)10-4-9-27-11-13-33-14-12-27/h3,5-8,15-16,21-22H,4,9-14H2,1-2H3. The zero-order valence-electron chi connectivity index (χ0n) is 19.0. The van der Waals surface area contributed by atoms with E-state index in [-0.39, 0.29) is 5.78 Å². The summed E-state index contributed by atoms with van der Waals surface area (Å²) in [4.78, 5) is 47.7. The molecule has 33 heavy (non-hydrogen) atoms. The van der Waals surface area contributed by atoms with Crippen LogP contribution in [0.5, 0.6) is 5.75 Å². The van der Waals surface area contributed by atoms with E-state index in [1.165, 1.54) is 0 Å². The van der Waals surface area contributed by atoms with Crippen molar-refractivity contribution in [2.24, 2.45) is 5.92 Å². The highest BCUT2D eigenvalue weighted by Crippen LogP contribution is 2.38. The zero-order chi connectivity index (χ0) is 23.4. The fraction of sp³-hybridized carbons (Fsp3) is 0.440. The highest BCUT2D eigenvalue weighted by atomic mass is 16.5. The third-order valence-corrected chi connectivity index (χ3v) is 6.37. The molecule has 1 amide bonds. The molecular formula is C25H29N3O5. The molecule has 2 aliphatic rings. The summed E-state index contributed by atoms with van der Waals surface area (Å²) in [5.74, 6) is -2.06. The Balaban J connectivity index is 1.59. The van der Waals surface area contributed by atoms with Crippen molar-refractivity contribution >= 4 is 17.5 Å². The molecule has 8 nitrogen and oxygen atoms in total. The lowest BCUT2D eigenvalue weighted by Gasteiger charge is -2.30. The summed E-state index contributed by atoms with van der Waals surface area (Å²) in [6, 6.07) is 7.97. The summed E-state index contributed by atoms with van der Waals surface area (Å²) in [5, 5.41) is 0. The number of nitrogens with zero attached hydrogens (tertiary/aromatic N) is 3. The van der Waals surface area contributed by atoms with Crippen LogP contribution in [0, 0.1) is 12.8 Å². The molecule has 3 heterocycles. The van der Waals surface area contributed by atoms with Crippen LogP contribution < -0.4 is 4.74 Å². The average molecular weight is 452 g/mol. The van der Waals surface area contributed by atoms with Gasteiger partial charge in [-0.1, -0.05) is 6.07 Å². The van der Waals surface area contributed by atoms with Crippen LogP contribution in [0.1, 0.15) is 33.9 Å². The fourth-order valence-corrected chi connectivity index (χ4v) is 4.65. The Bertz CT molecular complexity index is 1020. The summed E-state index contributed by atoms with van der Waals surface area (Å²) >= 11 is 0. The van der Waals surface area contributed by atoms with E-state index in [4.69, 9.17) is 9.47 Å². The second-order valence-corrected chi connectivity index (χ2v) is 8.43. The molecule has 174 valence electrons. The van der Waals surface area contributed by atoms with Crippen LogP contribution in [-0.2, 0) is 14.3 Å². The van der Waals surface area contributed by atoms with Gasteiger partial charge in [-0.25, -0.2) is 0 Å². The second kappa shape index (κ2) is 10.2. The molecule has 0 spiro atoms. The number of carbonyl (C=O) groups excluding carboxylic acids is 3. The lowest BCUT2D eigenvalue weighted by Crippen LogP contribution is -2.39. The highest BCUT2D eigenvalue weighted by Gasteiger charge is 2.51. The predicted molar refractivity (Wildman–Crippen MR) is 121 cm³/mol. The number of hydrogen-bond donors (Lipinski definition) is 0. The Labute approximate surface area is 193 Å². The average Bonchev–Trinajstić information content (AvgIpc) is 3.10. The number of likely N-dealkylation sites (tertiary alicyclic amines) is 1. The van der Waals surface area contributed by atoms with Crippen molar-refractivity contribution in [1.29, 1.82) is 0 Å². The fourth-order valence-electron chi connectivity index (χ4n) is 4.65. The third kappa shape index (κ3) is 4.82. The molecule has 2 atom stereocenters. The molecule has 2 saturated heterocycles. The number of Topliss-reactive ketones (excluding diaryl/α,β-unsaturated/α-hetero) is 2. The Morgan fingerprint density at radius 3 is 2.64 bits per heavy atom. The van der Waals surface area contributed by atoms with Crippen molar-refractivity contribution in [3.63, 3.8) is 0 Å². The summed E-state index contributed by atoms with van der Waals surface area (Å²) in [5.41, 5.74) is 1.87.